The monoisotopic (exact) mass is 409 g/mol. The first-order chi connectivity index (χ1) is 11.5. The van der Waals surface area contributed by atoms with Crippen molar-refractivity contribution in [2.24, 2.45) is 0 Å². The molecular weight excluding hydrogens is 390 g/mol. The zero-order valence-corrected chi connectivity index (χ0v) is 16.1. The fraction of sp³-hybridized carbons (Fsp3) is 0.412. The lowest BCUT2D eigenvalue weighted by atomic mass is 10.2. The van der Waals surface area contributed by atoms with Crippen LogP contribution in [0.3, 0.4) is 0 Å². The highest BCUT2D eigenvalue weighted by Crippen LogP contribution is 2.20. The van der Waals surface area contributed by atoms with Crippen molar-refractivity contribution < 1.29 is 9.53 Å². The van der Waals surface area contributed by atoms with E-state index in [9.17, 15) is 4.79 Å². The summed E-state index contributed by atoms with van der Waals surface area (Å²) in [7, 11) is 0. The molecule has 0 bridgehead atoms. The molecule has 7 heteroatoms. The van der Waals surface area contributed by atoms with E-state index in [4.69, 9.17) is 4.74 Å². The van der Waals surface area contributed by atoms with Crippen molar-refractivity contribution >= 4 is 38.3 Å². The number of ether oxygens (including phenoxy) is 1. The number of amides is 1. The van der Waals surface area contributed by atoms with Crippen LogP contribution in [0.4, 0.5) is 5.13 Å². The van der Waals surface area contributed by atoms with Crippen LogP contribution in [0, 0.1) is 0 Å². The second kappa shape index (κ2) is 7.74. The van der Waals surface area contributed by atoms with Gasteiger partial charge in [0.05, 0.1) is 17.9 Å². The molecule has 1 fully saturated rings. The van der Waals surface area contributed by atoms with Crippen LogP contribution in [-0.4, -0.2) is 41.1 Å². The summed E-state index contributed by atoms with van der Waals surface area (Å²) in [5.41, 5.74) is 1.59. The molecule has 2 heterocycles. The van der Waals surface area contributed by atoms with Gasteiger partial charge in [-0.15, -0.1) is 11.3 Å². The number of rotatable bonds is 4. The number of hydrogen-bond donors (Lipinski definition) is 1. The molecule has 0 saturated carbocycles. The van der Waals surface area contributed by atoms with Crippen LogP contribution >= 0.6 is 27.3 Å². The number of nitrogens with one attached hydrogen (secondary N) is 1. The molecule has 1 amide bonds. The lowest BCUT2D eigenvalue weighted by Gasteiger charge is -2.34. The molecule has 3 rings (SSSR count). The van der Waals surface area contributed by atoms with Crippen LogP contribution < -0.4 is 5.32 Å². The van der Waals surface area contributed by atoms with E-state index in [-0.39, 0.29) is 18.1 Å². The maximum Gasteiger partial charge on any atom is 0.257 e. The Hall–Kier alpha value is -1.28. The van der Waals surface area contributed by atoms with E-state index in [1.165, 1.54) is 11.3 Å². The quantitative estimate of drug-likeness (QED) is 0.834. The summed E-state index contributed by atoms with van der Waals surface area (Å²) in [5, 5.41) is 5.50. The van der Waals surface area contributed by atoms with Crippen LogP contribution in [0.25, 0.3) is 0 Å². The van der Waals surface area contributed by atoms with E-state index < -0.39 is 0 Å². The summed E-state index contributed by atoms with van der Waals surface area (Å²) >= 11 is 4.83. The van der Waals surface area contributed by atoms with Gasteiger partial charge in [-0.25, -0.2) is 4.98 Å². The van der Waals surface area contributed by atoms with Crippen LogP contribution in [0.2, 0.25) is 0 Å². The van der Waals surface area contributed by atoms with Crippen molar-refractivity contribution in [1.82, 2.24) is 9.88 Å². The molecule has 2 atom stereocenters. The maximum atomic E-state index is 12.3. The second-order valence-corrected chi connectivity index (χ2v) is 7.83. The predicted octanol–water partition coefficient (Wildman–Crippen LogP) is 3.77. The molecule has 5 nitrogen and oxygen atoms in total. The minimum atomic E-state index is -0.147. The van der Waals surface area contributed by atoms with Crippen molar-refractivity contribution in [2.45, 2.75) is 32.6 Å². The SMILES string of the molecule is C[C@@H]1CN(Cc2csc(NC(=O)c3cccc(Br)c3)n2)C[C@@H](C)O1. The van der Waals surface area contributed by atoms with Crippen LogP contribution in [-0.2, 0) is 11.3 Å². The van der Waals surface area contributed by atoms with E-state index in [1.807, 2.05) is 17.5 Å². The summed E-state index contributed by atoms with van der Waals surface area (Å²) in [6, 6.07) is 7.31. The third-order valence-electron chi connectivity index (χ3n) is 3.74. The summed E-state index contributed by atoms with van der Waals surface area (Å²) in [6.45, 7) is 6.77. The molecule has 24 heavy (non-hydrogen) atoms. The molecular formula is C17H20BrN3O2S. The van der Waals surface area contributed by atoms with Crippen LogP contribution in [0.5, 0.6) is 0 Å². The molecule has 0 aliphatic carbocycles. The highest BCUT2D eigenvalue weighted by Gasteiger charge is 2.22. The molecule has 1 saturated heterocycles. The molecule has 128 valence electrons. The highest BCUT2D eigenvalue weighted by molar-refractivity contribution is 9.10. The van der Waals surface area contributed by atoms with Crippen LogP contribution in [0.15, 0.2) is 34.1 Å². The van der Waals surface area contributed by atoms with E-state index in [2.05, 4.69) is 45.0 Å². The number of carbonyl (C=O) groups is 1. The fourth-order valence-corrected chi connectivity index (χ4v) is 3.97. The zero-order valence-electron chi connectivity index (χ0n) is 13.7. The zero-order chi connectivity index (χ0) is 17.1. The van der Waals surface area contributed by atoms with E-state index >= 15 is 0 Å². The van der Waals surface area contributed by atoms with Crippen molar-refractivity contribution in [3.8, 4) is 0 Å². The van der Waals surface area contributed by atoms with E-state index in [0.29, 0.717) is 10.7 Å². The highest BCUT2D eigenvalue weighted by atomic mass is 79.9. The lowest BCUT2D eigenvalue weighted by molar-refractivity contribution is -0.0707. The Morgan fingerprint density at radius 1 is 1.42 bits per heavy atom. The molecule has 2 aromatic rings. The number of aromatic nitrogens is 1. The third kappa shape index (κ3) is 4.63. The van der Waals surface area contributed by atoms with Gasteiger partial charge in [0.2, 0.25) is 0 Å². The van der Waals surface area contributed by atoms with Gasteiger partial charge >= 0.3 is 0 Å². The third-order valence-corrected chi connectivity index (χ3v) is 5.04. The Morgan fingerprint density at radius 2 is 2.17 bits per heavy atom. The van der Waals surface area contributed by atoms with Gasteiger partial charge in [-0.3, -0.25) is 15.0 Å². The van der Waals surface area contributed by atoms with Crippen molar-refractivity contribution in [3.63, 3.8) is 0 Å². The summed E-state index contributed by atoms with van der Waals surface area (Å²) in [5.74, 6) is -0.147. The van der Waals surface area contributed by atoms with E-state index in [1.54, 1.807) is 12.1 Å². The van der Waals surface area contributed by atoms with Gasteiger partial charge in [-0.05, 0) is 32.0 Å². The number of thiazole rings is 1. The first-order valence-corrected chi connectivity index (χ1v) is 9.56. The Balaban J connectivity index is 1.60. The Labute approximate surface area is 154 Å². The summed E-state index contributed by atoms with van der Waals surface area (Å²) < 4.78 is 6.63. The van der Waals surface area contributed by atoms with Gasteiger partial charge in [0.25, 0.3) is 5.91 Å². The smallest absolute Gasteiger partial charge is 0.257 e. The molecule has 0 spiro atoms. The molecule has 0 unspecified atom stereocenters. The molecule has 1 aliphatic heterocycles. The van der Waals surface area contributed by atoms with Crippen molar-refractivity contribution in [3.05, 3.63) is 45.4 Å². The fourth-order valence-electron chi connectivity index (χ4n) is 2.88. The average Bonchev–Trinajstić information content (AvgIpc) is 2.93. The lowest BCUT2D eigenvalue weighted by Crippen LogP contribution is -2.44. The van der Waals surface area contributed by atoms with Gasteiger partial charge < -0.3 is 4.74 Å². The predicted molar refractivity (Wildman–Crippen MR) is 99.5 cm³/mol. The topological polar surface area (TPSA) is 54.5 Å². The Kier molecular flexibility index (Phi) is 5.65. The maximum absolute atomic E-state index is 12.3. The van der Waals surface area contributed by atoms with Crippen molar-refractivity contribution in [1.29, 1.82) is 0 Å². The number of carbonyl (C=O) groups excluding carboxylic acids is 1. The van der Waals surface area contributed by atoms with Crippen molar-refractivity contribution in [2.75, 3.05) is 18.4 Å². The molecule has 1 N–H and O–H groups in total. The average molecular weight is 410 g/mol. The molecule has 0 radical (unpaired) electrons. The number of morpholine rings is 1. The largest absolute Gasteiger partial charge is 0.373 e. The second-order valence-electron chi connectivity index (χ2n) is 6.06. The number of nitrogens with zero attached hydrogens (tertiary/aromatic N) is 2. The number of anilines is 1. The molecule has 1 aromatic heterocycles. The first-order valence-electron chi connectivity index (χ1n) is 7.89. The number of hydrogen-bond acceptors (Lipinski definition) is 5. The number of benzene rings is 1. The Morgan fingerprint density at radius 3 is 2.88 bits per heavy atom. The van der Waals surface area contributed by atoms with Gasteiger partial charge in [0.15, 0.2) is 5.13 Å². The number of halogens is 1. The summed E-state index contributed by atoms with van der Waals surface area (Å²) in [4.78, 5) is 19.1. The minimum Gasteiger partial charge on any atom is -0.373 e. The van der Waals surface area contributed by atoms with Crippen LogP contribution in [0.1, 0.15) is 29.9 Å². The normalized spacial score (nSPS) is 21.6. The van der Waals surface area contributed by atoms with Gasteiger partial charge in [0.1, 0.15) is 0 Å². The van der Waals surface area contributed by atoms with Gasteiger partial charge in [0, 0.05) is 35.1 Å². The van der Waals surface area contributed by atoms with Gasteiger partial charge in [-0.1, -0.05) is 22.0 Å². The summed E-state index contributed by atoms with van der Waals surface area (Å²) in [6.07, 6.45) is 0.478. The Bertz CT molecular complexity index is 711. The molecule has 1 aromatic carbocycles. The van der Waals surface area contributed by atoms with E-state index in [0.717, 1.165) is 29.8 Å². The molecule has 1 aliphatic rings. The van der Waals surface area contributed by atoms with Gasteiger partial charge in [-0.2, -0.15) is 0 Å². The standard InChI is InChI=1S/C17H20BrN3O2S/c1-11-7-21(8-12(2)23-11)9-15-10-24-17(19-15)20-16(22)13-4-3-5-14(18)6-13/h3-6,10-12H,7-9H2,1-2H3,(H,19,20,22)/t11-,12-/m1/s1. The first kappa shape index (κ1) is 17.5. The minimum absolute atomic E-state index is 0.147.